The zero-order valence-corrected chi connectivity index (χ0v) is 12.0. The molecule has 8 heteroatoms. The van der Waals surface area contributed by atoms with Gasteiger partial charge in [0.25, 0.3) is 5.69 Å². The van der Waals surface area contributed by atoms with E-state index in [0.717, 1.165) is 0 Å². The lowest BCUT2D eigenvalue weighted by Gasteiger charge is -2.05. The molecule has 0 radical (unpaired) electrons. The van der Waals surface area contributed by atoms with Crippen molar-refractivity contribution in [3.63, 3.8) is 0 Å². The first-order valence-corrected chi connectivity index (χ1v) is 6.47. The summed E-state index contributed by atoms with van der Waals surface area (Å²) in [6.07, 6.45) is 0. The number of nitrogens with one attached hydrogen (secondary N) is 1. The van der Waals surface area contributed by atoms with Gasteiger partial charge < -0.3 is 4.74 Å². The number of esters is 1. The number of carbonyl (C=O) groups is 2. The normalized spacial score (nSPS) is 10.3. The van der Waals surface area contributed by atoms with Crippen molar-refractivity contribution in [1.82, 2.24) is 10.2 Å². The quantitative estimate of drug-likeness (QED) is 0.392. The molecule has 2 rings (SSSR count). The van der Waals surface area contributed by atoms with Gasteiger partial charge in [-0.25, -0.2) is 4.79 Å². The summed E-state index contributed by atoms with van der Waals surface area (Å²) in [4.78, 5) is 34.0. The molecule has 0 saturated carbocycles. The maximum atomic E-state index is 12.0. The number of carbonyl (C=O) groups excluding carboxylic acids is 2. The molecule has 1 N–H and O–H groups in total. The number of hydrogen-bond donors (Lipinski definition) is 1. The molecule has 8 nitrogen and oxygen atoms in total. The molecule has 0 spiro atoms. The molecule has 0 atom stereocenters. The fraction of sp³-hybridized carbons (Fsp3) is 0.214. The van der Waals surface area contributed by atoms with Gasteiger partial charge >= 0.3 is 5.97 Å². The fourth-order valence-electron chi connectivity index (χ4n) is 2.00. The Labute approximate surface area is 125 Å². The lowest BCUT2D eigenvalue weighted by molar-refractivity contribution is -0.384. The first-order valence-electron chi connectivity index (χ1n) is 6.47. The molecule has 0 aliphatic heterocycles. The van der Waals surface area contributed by atoms with Crippen LogP contribution in [0.1, 0.15) is 34.8 Å². The van der Waals surface area contributed by atoms with E-state index in [1.54, 1.807) is 13.0 Å². The minimum Gasteiger partial charge on any atom is -0.461 e. The van der Waals surface area contributed by atoms with E-state index >= 15 is 0 Å². The molecule has 22 heavy (non-hydrogen) atoms. The Morgan fingerprint density at radius 3 is 2.73 bits per heavy atom. The van der Waals surface area contributed by atoms with Crippen LogP contribution in [0.2, 0.25) is 0 Å². The third-order valence-electron chi connectivity index (χ3n) is 2.92. The van der Waals surface area contributed by atoms with Gasteiger partial charge in [-0.3, -0.25) is 20.0 Å². The van der Waals surface area contributed by atoms with Crippen LogP contribution in [-0.2, 0) is 4.74 Å². The second-order valence-electron chi connectivity index (χ2n) is 4.41. The molecule has 1 heterocycles. The van der Waals surface area contributed by atoms with Crippen LogP contribution in [0.15, 0.2) is 24.3 Å². The highest BCUT2D eigenvalue weighted by atomic mass is 16.6. The third kappa shape index (κ3) is 2.85. The lowest BCUT2D eigenvalue weighted by atomic mass is 10.0. The molecule has 1 aromatic carbocycles. The predicted octanol–water partition coefficient (Wildman–Crippen LogP) is 2.36. The molecular formula is C14H13N3O5. The molecule has 0 amide bonds. The SMILES string of the molecule is CCOC(=O)c1[nH]nc(C(C)=O)c1-c1cccc([N+](=O)[O-])c1. The number of rotatable bonds is 5. The molecule has 0 bridgehead atoms. The molecule has 0 aliphatic carbocycles. The zero-order chi connectivity index (χ0) is 16.3. The van der Waals surface area contributed by atoms with Crippen molar-refractivity contribution in [1.29, 1.82) is 0 Å². The Balaban J connectivity index is 2.63. The van der Waals surface area contributed by atoms with Gasteiger partial charge in [0.2, 0.25) is 0 Å². The van der Waals surface area contributed by atoms with Crippen molar-refractivity contribution in [2.75, 3.05) is 6.61 Å². The molecule has 0 fully saturated rings. The summed E-state index contributed by atoms with van der Waals surface area (Å²) in [6, 6.07) is 5.63. The summed E-state index contributed by atoms with van der Waals surface area (Å²) < 4.78 is 4.91. The van der Waals surface area contributed by atoms with Gasteiger partial charge in [-0.2, -0.15) is 5.10 Å². The van der Waals surface area contributed by atoms with Gasteiger partial charge in [0.05, 0.1) is 11.5 Å². The number of ketones is 1. The van der Waals surface area contributed by atoms with Gasteiger partial charge in [0.15, 0.2) is 11.5 Å². The van der Waals surface area contributed by atoms with E-state index in [4.69, 9.17) is 4.74 Å². The number of nitrogens with zero attached hydrogens (tertiary/aromatic N) is 2. The molecule has 1 aromatic heterocycles. The van der Waals surface area contributed by atoms with Crippen LogP contribution in [0.4, 0.5) is 5.69 Å². The van der Waals surface area contributed by atoms with Crippen molar-refractivity contribution < 1.29 is 19.2 Å². The average molecular weight is 303 g/mol. The van der Waals surface area contributed by atoms with Gasteiger partial charge in [-0.1, -0.05) is 12.1 Å². The van der Waals surface area contributed by atoms with E-state index in [2.05, 4.69) is 10.2 Å². The Bertz CT molecular complexity index is 751. The van der Waals surface area contributed by atoms with Gasteiger partial charge in [-0.05, 0) is 12.5 Å². The number of non-ortho nitro benzene ring substituents is 1. The Kier molecular flexibility index (Phi) is 4.31. The number of ether oxygens (including phenoxy) is 1. The topological polar surface area (TPSA) is 115 Å². The summed E-state index contributed by atoms with van der Waals surface area (Å²) in [5.41, 5.74) is 0.421. The monoisotopic (exact) mass is 303 g/mol. The van der Waals surface area contributed by atoms with E-state index in [0.29, 0.717) is 5.56 Å². The minimum atomic E-state index is -0.677. The Morgan fingerprint density at radius 1 is 1.41 bits per heavy atom. The summed E-state index contributed by atoms with van der Waals surface area (Å²) in [5, 5.41) is 17.2. The van der Waals surface area contributed by atoms with Crippen molar-refractivity contribution in [2.45, 2.75) is 13.8 Å². The summed E-state index contributed by atoms with van der Waals surface area (Å²) in [7, 11) is 0. The van der Waals surface area contributed by atoms with E-state index in [9.17, 15) is 19.7 Å². The fourth-order valence-corrected chi connectivity index (χ4v) is 2.00. The van der Waals surface area contributed by atoms with E-state index in [-0.39, 0.29) is 35.0 Å². The summed E-state index contributed by atoms with van der Waals surface area (Å²) in [6.45, 7) is 3.10. The zero-order valence-electron chi connectivity index (χ0n) is 12.0. The highest BCUT2D eigenvalue weighted by Gasteiger charge is 2.24. The van der Waals surface area contributed by atoms with E-state index in [1.165, 1.54) is 25.1 Å². The summed E-state index contributed by atoms with van der Waals surface area (Å²) in [5.74, 6) is -1.04. The highest BCUT2D eigenvalue weighted by molar-refractivity contribution is 6.05. The van der Waals surface area contributed by atoms with Crippen LogP contribution in [0.25, 0.3) is 11.1 Å². The maximum absolute atomic E-state index is 12.0. The first-order chi connectivity index (χ1) is 10.5. The van der Waals surface area contributed by atoms with Crippen LogP contribution < -0.4 is 0 Å². The molecule has 114 valence electrons. The molecule has 0 aliphatic rings. The third-order valence-corrected chi connectivity index (χ3v) is 2.92. The average Bonchev–Trinajstić information content (AvgIpc) is 2.92. The van der Waals surface area contributed by atoms with E-state index < -0.39 is 10.9 Å². The largest absolute Gasteiger partial charge is 0.461 e. The van der Waals surface area contributed by atoms with Crippen molar-refractivity contribution >= 4 is 17.4 Å². The number of Topliss-reactive ketones (excluding diaryl/α,β-unsaturated/α-hetero) is 1. The van der Waals surface area contributed by atoms with Gasteiger partial charge in [0.1, 0.15) is 5.69 Å². The number of benzene rings is 1. The first kappa shape index (κ1) is 15.4. The number of hydrogen-bond acceptors (Lipinski definition) is 6. The number of H-pyrrole nitrogens is 1. The standard InChI is InChI=1S/C14H13N3O5/c1-3-22-14(19)13-11(12(8(2)18)15-16-13)9-5-4-6-10(7-9)17(20)21/h4-7H,3H2,1-2H3,(H,15,16). The van der Waals surface area contributed by atoms with Crippen molar-refractivity contribution in [2.24, 2.45) is 0 Å². The second kappa shape index (κ2) is 6.17. The molecule has 0 unspecified atom stereocenters. The molecule has 2 aromatic rings. The van der Waals surface area contributed by atoms with Crippen LogP contribution in [-0.4, -0.2) is 33.5 Å². The van der Waals surface area contributed by atoms with Crippen LogP contribution in [0, 0.1) is 10.1 Å². The maximum Gasteiger partial charge on any atom is 0.357 e. The lowest BCUT2D eigenvalue weighted by Crippen LogP contribution is -2.07. The number of nitro benzene ring substituents is 1. The van der Waals surface area contributed by atoms with Crippen LogP contribution in [0.5, 0.6) is 0 Å². The second-order valence-corrected chi connectivity index (χ2v) is 4.41. The summed E-state index contributed by atoms with van der Waals surface area (Å²) >= 11 is 0. The highest BCUT2D eigenvalue weighted by Crippen LogP contribution is 2.29. The van der Waals surface area contributed by atoms with Crippen molar-refractivity contribution in [3.8, 4) is 11.1 Å². The van der Waals surface area contributed by atoms with E-state index in [1.807, 2.05) is 0 Å². The molecule has 0 saturated heterocycles. The predicted molar refractivity (Wildman–Crippen MR) is 76.6 cm³/mol. The van der Waals surface area contributed by atoms with Gasteiger partial charge in [-0.15, -0.1) is 0 Å². The van der Waals surface area contributed by atoms with Crippen molar-refractivity contribution in [3.05, 3.63) is 45.8 Å². The Morgan fingerprint density at radius 2 is 2.14 bits per heavy atom. The smallest absolute Gasteiger partial charge is 0.357 e. The van der Waals surface area contributed by atoms with Crippen LogP contribution >= 0.6 is 0 Å². The van der Waals surface area contributed by atoms with Gasteiger partial charge in [0, 0.05) is 24.6 Å². The Hall–Kier alpha value is -3.03. The number of nitro groups is 1. The number of aromatic amines is 1. The number of aromatic nitrogens is 2. The van der Waals surface area contributed by atoms with Crippen LogP contribution in [0.3, 0.4) is 0 Å². The molecular weight excluding hydrogens is 290 g/mol. The minimum absolute atomic E-state index is 0.00690.